The summed E-state index contributed by atoms with van der Waals surface area (Å²) in [5, 5.41) is 10.1. The molecule has 1 N–H and O–H groups in total. The molecule has 1 unspecified atom stereocenters. The summed E-state index contributed by atoms with van der Waals surface area (Å²) in [5.41, 5.74) is 0.932. The summed E-state index contributed by atoms with van der Waals surface area (Å²) in [4.78, 5) is 17.0. The number of nitrogens with zero attached hydrogens (tertiary/aromatic N) is 2. The highest BCUT2D eigenvalue weighted by Crippen LogP contribution is 2.38. The molecule has 1 aliphatic carbocycles. The van der Waals surface area contributed by atoms with Crippen molar-refractivity contribution in [3.8, 4) is 0 Å². The number of carboxylic acid groups (broad SMARTS) is 1. The van der Waals surface area contributed by atoms with Crippen molar-refractivity contribution in [2.45, 2.75) is 61.8 Å². The van der Waals surface area contributed by atoms with Gasteiger partial charge in [0.2, 0.25) is 0 Å². The number of hydrogen-bond donors (Lipinski definition) is 1. The number of halogens is 2. The highest BCUT2D eigenvalue weighted by atomic mass is 32.2. The molecular weight excluding hydrogens is 534 g/mol. The standard InChI is InChI=1S/C31H40F2N2O4S/c32-26-7-9-28(10-8-26)40(38,39)16-13-22-11-14-34(15-12-22)19-25-20-35(30(31(36)37)17-23-3-1-4-23)21-29(25)24-5-2-6-27(33)18-24/h2,5-10,18,22-23,25,29-30H,1,3-4,11-17,19-21H2,(H,36,37)/t25?,29-,30-/m1/s1. The first-order valence-electron chi connectivity index (χ1n) is 14.6. The Morgan fingerprint density at radius 2 is 1.68 bits per heavy atom. The Balaban J connectivity index is 1.19. The SMILES string of the molecule is O=C(O)[C@@H](CC1CCC1)N1CC(CN2CCC(CCS(=O)(=O)c3ccc(F)cc3)CC2)[C@@H](c2cccc(F)c2)C1. The minimum atomic E-state index is -3.44. The third kappa shape index (κ3) is 7.09. The lowest BCUT2D eigenvalue weighted by atomic mass is 9.80. The van der Waals surface area contributed by atoms with Crippen molar-refractivity contribution in [1.82, 2.24) is 9.80 Å². The van der Waals surface area contributed by atoms with Crippen LogP contribution >= 0.6 is 0 Å². The van der Waals surface area contributed by atoms with Gasteiger partial charge in [-0.3, -0.25) is 9.69 Å². The summed E-state index contributed by atoms with van der Waals surface area (Å²) >= 11 is 0. The van der Waals surface area contributed by atoms with E-state index in [1.807, 2.05) is 6.07 Å². The van der Waals surface area contributed by atoms with Gasteiger partial charge in [-0.2, -0.15) is 0 Å². The number of carbonyl (C=O) groups is 1. The third-order valence-corrected chi connectivity index (χ3v) is 11.2. The minimum Gasteiger partial charge on any atom is -0.480 e. The predicted octanol–water partition coefficient (Wildman–Crippen LogP) is 5.20. The van der Waals surface area contributed by atoms with Gasteiger partial charge in [0.15, 0.2) is 9.84 Å². The molecule has 3 aliphatic rings. The number of sulfone groups is 1. The zero-order valence-electron chi connectivity index (χ0n) is 22.9. The largest absolute Gasteiger partial charge is 0.480 e. The third-order valence-electron chi connectivity index (χ3n) is 9.42. The molecule has 0 spiro atoms. The van der Waals surface area contributed by atoms with Gasteiger partial charge in [0.1, 0.15) is 17.7 Å². The van der Waals surface area contributed by atoms with Crippen molar-refractivity contribution in [3.63, 3.8) is 0 Å². The highest BCUT2D eigenvalue weighted by molar-refractivity contribution is 7.91. The van der Waals surface area contributed by atoms with Crippen molar-refractivity contribution in [3.05, 3.63) is 65.7 Å². The number of aliphatic carboxylic acids is 1. The Kier molecular flexibility index (Phi) is 9.22. The second-order valence-corrected chi connectivity index (χ2v) is 14.2. The Bertz CT molecular complexity index is 1260. The fraction of sp³-hybridized carbons (Fsp3) is 0.581. The zero-order valence-corrected chi connectivity index (χ0v) is 23.7. The molecule has 3 atom stereocenters. The molecule has 0 amide bonds. The van der Waals surface area contributed by atoms with Gasteiger partial charge in [0.25, 0.3) is 0 Å². The van der Waals surface area contributed by atoms with Crippen LogP contribution in [0.1, 0.15) is 56.4 Å². The fourth-order valence-corrected chi connectivity index (χ4v) is 8.21. The van der Waals surface area contributed by atoms with Crippen LogP contribution < -0.4 is 0 Å². The van der Waals surface area contributed by atoms with Crippen LogP contribution in [0.25, 0.3) is 0 Å². The van der Waals surface area contributed by atoms with E-state index in [0.717, 1.165) is 50.9 Å². The first-order chi connectivity index (χ1) is 19.2. The first kappa shape index (κ1) is 29.1. The van der Waals surface area contributed by atoms with E-state index in [1.165, 1.54) is 36.8 Å². The van der Waals surface area contributed by atoms with E-state index in [4.69, 9.17) is 0 Å². The van der Waals surface area contributed by atoms with Gasteiger partial charge >= 0.3 is 5.97 Å². The maximum atomic E-state index is 14.2. The molecule has 0 aromatic heterocycles. The van der Waals surface area contributed by atoms with Crippen molar-refractivity contribution < 1.29 is 27.1 Å². The van der Waals surface area contributed by atoms with E-state index >= 15 is 0 Å². The Hall–Kier alpha value is -2.36. The van der Waals surface area contributed by atoms with Crippen molar-refractivity contribution in [2.75, 3.05) is 38.5 Å². The van der Waals surface area contributed by atoms with E-state index in [2.05, 4.69) is 9.80 Å². The number of benzene rings is 2. The molecular formula is C31H40F2N2O4S. The van der Waals surface area contributed by atoms with E-state index in [1.54, 1.807) is 12.1 Å². The van der Waals surface area contributed by atoms with E-state index in [-0.39, 0.29) is 28.3 Å². The van der Waals surface area contributed by atoms with E-state index in [9.17, 15) is 27.1 Å². The number of carboxylic acids is 1. The Morgan fingerprint density at radius 3 is 2.30 bits per heavy atom. The summed E-state index contributed by atoms with van der Waals surface area (Å²) in [5.74, 6) is -0.369. The number of likely N-dealkylation sites (tertiary alicyclic amines) is 2. The van der Waals surface area contributed by atoms with Gasteiger partial charge in [0.05, 0.1) is 10.6 Å². The molecule has 3 fully saturated rings. The van der Waals surface area contributed by atoms with Crippen molar-refractivity contribution in [2.24, 2.45) is 17.8 Å². The lowest BCUT2D eigenvalue weighted by Crippen LogP contribution is -2.43. The van der Waals surface area contributed by atoms with E-state index in [0.29, 0.717) is 37.8 Å². The summed E-state index contributed by atoms with van der Waals surface area (Å²) in [6.07, 6.45) is 6.46. The molecule has 0 bridgehead atoms. The molecule has 40 heavy (non-hydrogen) atoms. The average molecular weight is 575 g/mol. The highest BCUT2D eigenvalue weighted by Gasteiger charge is 2.41. The van der Waals surface area contributed by atoms with Crippen molar-refractivity contribution >= 4 is 15.8 Å². The lowest BCUT2D eigenvalue weighted by molar-refractivity contribution is -0.144. The monoisotopic (exact) mass is 574 g/mol. The molecule has 218 valence electrons. The average Bonchev–Trinajstić information content (AvgIpc) is 3.31. The van der Waals surface area contributed by atoms with Crippen LogP contribution in [-0.4, -0.2) is 73.8 Å². The Morgan fingerprint density at radius 1 is 0.950 bits per heavy atom. The molecule has 5 rings (SSSR count). The van der Waals surface area contributed by atoms with E-state index < -0.39 is 27.7 Å². The molecule has 2 saturated heterocycles. The topological polar surface area (TPSA) is 77.9 Å². The summed E-state index contributed by atoms with van der Waals surface area (Å²) in [6.45, 7) is 3.83. The molecule has 2 aromatic rings. The predicted molar refractivity (Wildman–Crippen MR) is 150 cm³/mol. The van der Waals surface area contributed by atoms with Crippen LogP contribution in [0.4, 0.5) is 8.78 Å². The van der Waals surface area contributed by atoms with Gasteiger partial charge in [-0.1, -0.05) is 31.4 Å². The van der Waals surface area contributed by atoms with Crippen LogP contribution in [-0.2, 0) is 14.6 Å². The summed E-state index contributed by atoms with van der Waals surface area (Å²) in [6, 6.07) is 11.2. The molecule has 0 radical (unpaired) electrons. The molecule has 2 aliphatic heterocycles. The van der Waals surface area contributed by atoms with Crippen LogP contribution in [0.2, 0.25) is 0 Å². The number of hydrogen-bond acceptors (Lipinski definition) is 5. The van der Waals surface area contributed by atoms with Crippen molar-refractivity contribution in [1.29, 1.82) is 0 Å². The van der Waals surface area contributed by atoms with Gasteiger partial charge in [0, 0.05) is 25.6 Å². The molecule has 1 saturated carbocycles. The lowest BCUT2D eigenvalue weighted by Gasteiger charge is -2.35. The van der Waals surface area contributed by atoms with Crippen LogP contribution in [0.5, 0.6) is 0 Å². The first-order valence-corrected chi connectivity index (χ1v) is 16.3. The zero-order chi connectivity index (χ0) is 28.3. The molecule has 9 heteroatoms. The number of rotatable bonds is 11. The second-order valence-electron chi connectivity index (χ2n) is 12.1. The normalized spacial score (nSPS) is 24.1. The van der Waals surface area contributed by atoms with Crippen LogP contribution in [0.15, 0.2) is 53.4 Å². The van der Waals surface area contributed by atoms with Gasteiger partial charge in [-0.25, -0.2) is 17.2 Å². The van der Waals surface area contributed by atoms with Gasteiger partial charge < -0.3 is 10.0 Å². The summed E-state index contributed by atoms with van der Waals surface area (Å²) in [7, 11) is -3.44. The molecule has 2 heterocycles. The minimum absolute atomic E-state index is 0.0557. The maximum Gasteiger partial charge on any atom is 0.320 e. The second kappa shape index (κ2) is 12.7. The van der Waals surface area contributed by atoms with Gasteiger partial charge in [-0.05, 0) is 98.5 Å². The quantitative estimate of drug-likeness (QED) is 0.372. The van der Waals surface area contributed by atoms with Crippen LogP contribution in [0.3, 0.4) is 0 Å². The fourth-order valence-electron chi connectivity index (χ4n) is 6.78. The van der Waals surface area contributed by atoms with Gasteiger partial charge in [-0.15, -0.1) is 0 Å². The summed E-state index contributed by atoms with van der Waals surface area (Å²) < 4.78 is 52.7. The Labute approximate surface area is 236 Å². The molecule has 2 aromatic carbocycles. The smallest absolute Gasteiger partial charge is 0.320 e. The number of piperidine rings is 1. The molecule has 6 nitrogen and oxygen atoms in total. The van der Waals surface area contributed by atoms with Crippen LogP contribution in [0, 0.1) is 29.4 Å². The maximum absolute atomic E-state index is 14.2.